The minimum atomic E-state index is -0.620. The van der Waals surface area contributed by atoms with Crippen molar-refractivity contribution in [2.45, 2.75) is 47.0 Å². The largest absolute Gasteiger partial charge is 0.462 e. The van der Waals surface area contributed by atoms with E-state index in [1.807, 2.05) is 209 Å². The number of fused-ring (bicyclic) bond motifs is 5. The van der Waals surface area contributed by atoms with Crippen LogP contribution in [0.2, 0.25) is 20.2 Å². The predicted molar refractivity (Wildman–Crippen MR) is 532 cm³/mol. The SMILES string of the molecule is CCOC(=O)c1ccc(CC(=O)CCc2nc(-c3ccccc3)c(-c3ccc4ncccc4c3)nc2C#N)cc1.Cc1ccn(-c2nc(N)c(C)nc2-c2cc(Cl)c3ncccc3c2)n1.Cc1nc(-c2ccc3ncccc3c2)c(-c2ccccc2)nc1N.Nc1cnc(-c2cc(Cl)c3ncccc3c2)c(-n2ccc(Cl)n2)n1.Nc1cnc(-c2cc(Cl)c3ncccc3c2)c(-n2ccc(F)n2)n1. The van der Waals surface area contributed by atoms with E-state index < -0.39 is 5.95 Å². The number of ether oxygens (including phenoxy) is 1. The van der Waals surface area contributed by atoms with Crippen molar-refractivity contribution in [1.29, 1.82) is 5.26 Å². The van der Waals surface area contributed by atoms with E-state index in [0.29, 0.717) is 112 Å². The number of nitrogens with two attached hydrogens (primary N) is 4. The monoisotopic (exact) mass is 1880 g/mol. The van der Waals surface area contributed by atoms with E-state index in [4.69, 9.17) is 89.0 Å². The molecule has 0 atom stereocenters. The number of ketones is 1. The molecule has 8 aromatic carbocycles. The van der Waals surface area contributed by atoms with Crippen molar-refractivity contribution in [3.8, 4) is 102 Å². The molecule has 0 amide bonds. The highest BCUT2D eigenvalue weighted by Crippen LogP contribution is 2.39. The summed E-state index contributed by atoms with van der Waals surface area (Å²) in [5, 5.41) is 29.0. The Labute approximate surface area is 801 Å². The molecule has 137 heavy (non-hydrogen) atoms. The van der Waals surface area contributed by atoms with Crippen molar-refractivity contribution in [2.24, 2.45) is 0 Å². The highest BCUT2D eigenvalue weighted by molar-refractivity contribution is 6.36. The average molecular weight is 1890 g/mol. The number of benzene rings is 8. The second-order valence-corrected chi connectivity index (χ2v) is 32.5. The summed E-state index contributed by atoms with van der Waals surface area (Å²) in [6, 6.07) is 75.9. The van der Waals surface area contributed by atoms with Gasteiger partial charge in [-0.3, -0.25) is 29.7 Å². The van der Waals surface area contributed by atoms with Crippen molar-refractivity contribution < 1.29 is 18.7 Å². The molecule has 0 saturated carbocycles. The minimum absolute atomic E-state index is 0.00180. The topological polar surface area (TPSA) is 418 Å². The van der Waals surface area contributed by atoms with Crippen LogP contribution in [0.1, 0.15) is 57.7 Å². The number of nitrogen functional groups attached to an aromatic ring is 4. The molecule has 0 spiro atoms. The quantitative estimate of drug-likeness (QED) is 0.0615. The molecule has 0 aliphatic heterocycles. The maximum atomic E-state index is 13.3. The summed E-state index contributed by atoms with van der Waals surface area (Å²) < 4.78 is 22.8. The number of pyridine rings is 5. The second-order valence-electron chi connectivity index (χ2n) is 30.9. The molecule has 13 aromatic heterocycles. The maximum Gasteiger partial charge on any atom is 0.338 e. The Morgan fingerprint density at radius 1 is 0.409 bits per heavy atom. The van der Waals surface area contributed by atoms with Crippen LogP contribution in [0.5, 0.6) is 0 Å². The fraction of sp³-hybridized carbons (Fsp3) is 0.0777. The first-order valence-corrected chi connectivity index (χ1v) is 44.1. The number of aryl methyl sites for hydroxylation is 4. The third-order valence-electron chi connectivity index (χ3n) is 21.5. The van der Waals surface area contributed by atoms with Gasteiger partial charge in [0.2, 0.25) is 5.95 Å². The molecule has 0 saturated heterocycles. The number of carbonyl (C=O) groups is 2. The van der Waals surface area contributed by atoms with Crippen molar-refractivity contribution in [2.75, 3.05) is 29.5 Å². The summed E-state index contributed by atoms with van der Waals surface area (Å²) >= 11 is 25.0. The number of rotatable bonds is 17. The number of nitrogens with zero attached hydrogens (tertiary/aromatic N) is 22. The van der Waals surface area contributed by atoms with Gasteiger partial charge in [0.15, 0.2) is 28.3 Å². The number of carbonyl (C=O) groups excluding carboxylic acids is 2. The van der Waals surface area contributed by atoms with Crippen LogP contribution >= 0.6 is 46.4 Å². The third-order valence-corrected chi connectivity index (χ3v) is 22.5. The molecule has 21 aromatic rings. The van der Waals surface area contributed by atoms with Gasteiger partial charge in [-0.2, -0.15) is 19.8 Å². The van der Waals surface area contributed by atoms with Gasteiger partial charge < -0.3 is 27.7 Å². The van der Waals surface area contributed by atoms with E-state index in [2.05, 4.69) is 87.2 Å². The zero-order valence-electron chi connectivity index (χ0n) is 73.4. The lowest BCUT2D eigenvalue weighted by atomic mass is 10.00. The van der Waals surface area contributed by atoms with Gasteiger partial charge in [0.1, 0.15) is 52.2 Å². The lowest BCUT2D eigenvalue weighted by Crippen LogP contribution is -2.09. The van der Waals surface area contributed by atoms with Crippen molar-refractivity contribution in [3.05, 3.63) is 364 Å². The van der Waals surface area contributed by atoms with Gasteiger partial charge in [0.25, 0.3) is 0 Å². The molecule has 0 bridgehead atoms. The van der Waals surface area contributed by atoms with Gasteiger partial charge in [-0.15, -0.1) is 5.10 Å². The van der Waals surface area contributed by atoms with Crippen molar-refractivity contribution in [1.82, 2.24) is 104 Å². The fourth-order valence-electron chi connectivity index (χ4n) is 14.9. The number of aromatic nitrogens is 21. The first-order valence-electron chi connectivity index (χ1n) is 42.6. The Kier molecular flexibility index (Phi) is 27.6. The second kappa shape index (κ2) is 41.3. The van der Waals surface area contributed by atoms with E-state index in [0.717, 1.165) is 111 Å². The molecule has 21 rings (SSSR count). The summed E-state index contributed by atoms with van der Waals surface area (Å²) in [4.78, 5) is 91.8. The van der Waals surface area contributed by atoms with E-state index >= 15 is 0 Å². The lowest BCUT2D eigenvalue weighted by Gasteiger charge is -2.13. The van der Waals surface area contributed by atoms with E-state index in [1.165, 1.54) is 34.0 Å². The van der Waals surface area contributed by atoms with Crippen LogP contribution in [0.15, 0.2) is 299 Å². The Morgan fingerprint density at radius 2 is 0.847 bits per heavy atom. The fourth-order valence-corrected chi connectivity index (χ4v) is 15.8. The van der Waals surface area contributed by atoms with Crippen LogP contribution in [0.25, 0.3) is 151 Å². The molecule has 0 fully saturated rings. The number of nitriles is 1. The van der Waals surface area contributed by atoms with E-state index in [1.54, 1.807) is 91.3 Å². The molecule has 0 unspecified atom stereocenters. The molecular formula is C103H77Cl4FN26O3. The Balaban J connectivity index is 0.000000121. The minimum Gasteiger partial charge on any atom is -0.462 e. The zero-order chi connectivity index (χ0) is 95.3. The zero-order valence-corrected chi connectivity index (χ0v) is 76.4. The summed E-state index contributed by atoms with van der Waals surface area (Å²) in [6.45, 7) is 7.68. The molecule has 672 valence electrons. The lowest BCUT2D eigenvalue weighted by molar-refractivity contribution is -0.118. The number of anilines is 4. The standard InChI is InChI=1S/C33H26N4O3.C20H16N4.C18H15ClN6.C16H10Cl2N6.C16H10ClFN6/c1-2-40-33(39)24-12-10-22(11-13-24)19-27(38)15-17-29-30(21-34)37-32(31(36-29)23-7-4-3-5-8-23)26-14-16-28-25(20-26)9-6-18-35-28;1-13-20(21)24-18(14-6-3-2-4-7-14)19(23-13)16-9-10-17-15(12-16)8-5-11-22-17;1-10-5-7-25(24-10)18-16(22-11(2)17(20)23-18)13-8-12-4-3-6-21-15(12)14(19)9-13;2*17-11-7-10(6-9-2-1-4-20-14(9)11)15-16(22-13(19)8-21-15)24-5-3-12(18)23-24/h3-14,16,18,20H,2,15,17,19H2,1H3;2-12H,1H3,(H2,21,24);3-9H,1-2H3,(H2,20,23);2*1-8H,(H2,19,22). The van der Waals surface area contributed by atoms with Crippen LogP contribution < -0.4 is 22.9 Å². The molecule has 0 aliphatic carbocycles. The summed E-state index contributed by atoms with van der Waals surface area (Å²) in [6.07, 6.45) is 17.3. The first kappa shape index (κ1) is 91.6. The summed E-state index contributed by atoms with van der Waals surface area (Å²) in [5.74, 6) is 1.68. The van der Waals surface area contributed by atoms with Gasteiger partial charge in [0, 0.05) is 134 Å². The average Bonchev–Trinajstić information content (AvgIpc) is 1.30. The van der Waals surface area contributed by atoms with Crippen molar-refractivity contribution in [3.63, 3.8) is 0 Å². The Bertz CT molecular complexity index is 8000. The van der Waals surface area contributed by atoms with Gasteiger partial charge in [-0.1, -0.05) is 162 Å². The van der Waals surface area contributed by atoms with Gasteiger partial charge in [-0.05, 0) is 155 Å². The van der Waals surface area contributed by atoms with Crippen LogP contribution in [-0.4, -0.2) is 122 Å². The Hall–Kier alpha value is -17.2. The summed E-state index contributed by atoms with van der Waals surface area (Å²) in [5.41, 5.74) is 42.4. The van der Waals surface area contributed by atoms with Crippen LogP contribution in [-0.2, 0) is 22.4 Å². The predicted octanol–water partition coefficient (Wildman–Crippen LogP) is 21.1. The molecule has 29 nitrogen and oxygen atoms in total. The highest BCUT2D eigenvalue weighted by Gasteiger charge is 2.24. The number of Topliss-reactive ketones (excluding diaryl/α,β-unsaturated/α-hetero) is 1. The van der Waals surface area contributed by atoms with E-state index in [9.17, 15) is 19.2 Å². The first-order chi connectivity index (χ1) is 66.5. The van der Waals surface area contributed by atoms with Crippen molar-refractivity contribution >= 4 is 136 Å². The number of halogens is 5. The molecule has 0 aliphatic rings. The normalized spacial score (nSPS) is 10.9. The smallest absolute Gasteiger partial charge is 0.338 e. The maximum absolute atomic E-state index is 13.3. The summed E-state index contributed by atoms with van der Waals surface area (Å²) in [7, 11) is 0. The molecule has 0 radical (unpaired) electrons. The van der Waals surface area contributed by atoms with E-state index in [-0.39, 0.29) is 48.3 Å². The molecule has 8 N–H and O–H groups in total. The van der Waals surface area contributed by atoms with Gasteiger partial charge in [0.05, 0.1) is 113 Å². The number of esters is 1. The molecule has 34 heteroatoms. The number of hydrogen-bond acceptors (Lipinski definition) is 26. The van der Waals surface area contributed by atoms with Gasteiger partial charge in [-0.25, -0.2) is 68.7 Å². The Morgan fingerprint density at radius 3 is 1.33 bits per heavy atom. The third kappa shape index (κ3) is 21.1. The van der Waals surface area contributed by atoms with Crippen LogP contribution in [0.4, 0.5) is 27.7 Å². The van der Waals surface area contributed by atoms with Crippen LogP contribution in [0, 0.1) is 38.1 Å². The van der Waals surface area contributed by atoms with Crippen LogP contribution in [0.3, 0.4) is 0 Å². The van der Waals surface area contributed by atoms with Gasteiger partial charge >= 0.3 is 5.97 Å². The molecule has 13 heterocycles. The number of hydrogen-bond donors (Lipinski definition) is 4. The highest BCUT2D eigenvalue weighted by atomic mass is 35.5. The molecular weight excluding hydrogens is 1810 g/mol.